The number of nitrogens with one attached hydrogen (secondary N) is 1. The maximum absolute atomic E-state index is 11.6. The first kappa shape index (κ1) is 19.9. The minimum absolute atomic E-state index is 0.290. The van der Waals surface area contributed by atoms with E-state index >= 15 is 0 Å². The minimum atomic E-state index is -0.686. The van der Waals surface area contributed by atoms with Gasteiger partial charge in [0.05, 0.1) is 11.6 Å². The fourth-order valence-electron chi connectivity index (χ4n) is 3.74. The number of nitrogens with zero attached hydrogens (tertiary/aromatic N) is 1. The zero-order valence-corrected chi connectivity index (χ0v) is 16.6. The standard InChI is InChI=1S/C24H28N2O2/c1-17-23(18(2)26-25-17)21-14-11-20(12-15-21)13-16-22(24(27)28)10-6-9-19-7-4-3-5-8-19/h3-5,7-8,11-12,14-15,22H,6,9-10,13,16H2,1-2H3,(H,25,26)(H,27,28). The van der Waals surface area contributed by atoms with Gasteiger partial charge in [0.15, 0.2) is 0 Å². The third kappa shape index (κ3) is 5.10. The van der Waals surface area contributed by atoms with Gasteiger partial charge < -0.3 is 5.11 Å². The van der Waals surface area contributed by atoms with E-state index in [0.29, 0.717) is 6.42 Å². The van der Waals surface area contributed by atoms with Crippen molar-refractivity contribution in [2.45, 2.75) is 46.0 Å². The van der Waals surface area contributed by atoms with Crippen LogP contribution in [0.4, 0.5) is 0 Å². The van der Waals surface area contributed by atoms with Gasteiger partial charge in [-0.15, -0.1) is 0 Å². The van der Waals surface area contributed by atoms with E-state index in [1.54, 1.807) is 0 Å². The number of rotatable bonds is 9. The maximum Gasteiger partial charge on any atom is 0.306 e. The predicted octanol–water partition coefficient (Wildman–Crippen LogP) is 5.35. The third-order valence-corrected chi connectivity index (χ3v) is 5.36. The molecule has 0 bridgehead atoms. The summed E-state index contributed by atoms with van der Waals surface area (Å²) in [5.41, 5.74) is 6.80. The second kappa shape index (κ2) is 9.36. The number of carboxylic acids is 1. The van der Waals surface area contributed by atoms with Crippen LogP contribution in [0.15, 0.2) is 54.6 Å². The molecule has 2 N–H and O–H groups in total. The average Bonchev–Trinajstić information content (AvgIpc) is 3.04. The van der Waals surface area contributed by atoms with Crippen LogP contribution in [0.1, 0.15) is 41.8 Å². The van der Waals surface area contributed by atoms with Crippen molar-refractivity contribution in [1.82, 2.24) is 10.2 Å². The Hall–Kier alpha value is -2.88. The van der Waals surface area contributed by atoms with Gasteiger partial charge >= 0.3 is 5.97 Å². The van der Waals surface area contributed by atoms with Crippen LogP contribution in [-0.2, 0) is 17.6 Å². The highest BCUT2D eigenvalue weighted by Gasteiger charge is 2.17. The van der Waals surface area contributed by atoms with Crippen molar-refractivity contribution in [3.8, 4) is 11.1 Å². The van der Waals surface area contributed by atoms with E-state index < -0.39 is 5.97 Å². The van der Waals surface area contributed by atoms with Gasteiger partial charge in [-0.1, -0.05) is 54.6 Å². The van der Waals surface area contributed by atoms with E-state index in [1.165, 1.54) is 11.1 Å². The first-order valence-electron chi connectivity index (χ1n) is 9.92. The fourth-order valence-corrected chi connectivity index (χ4v) is 3.74. The Morgan fingerprint density at radius 3 is 2.25 bits per heavy atom. The van der Waals surface area contributed by atoms with E-state index in [-0.39, 0.29) is 5.92 Å². The maximum atomic E-state index is 11.6. The Morgan fingerprint density at radius 2 is 1.64 bits per heavy atom. The van der Waals surface area contributed by atoms with Crippen molar-refractivity contribution in [1.29, 1.82) is 0 Å². The van der Waals surface area contributed by atoms with Crippen LogP contribution in [0.2, 0.25) is 0 Å². The molecular weight excluding hydrogens is 348 g/mol. The van der Waals surface area contributed by atoms with Crippen molar-refractivity contribution in [3.63, 3.8) is 0 Å². The number of aromatic nitrogens is 2. The summed E-state index contributed by atoms with van der Waals surface area (Å²) in [5, 5.41) is 16.8. The molecule has 1 unspecified atom stereocenters. The second-order valence-electron chi connectivity index (χ2n) is 7.46. The van der Waals surface area contributed by atoms with Crippen LogP contribution in [0.3, 0.4) is 0 Å². The lowest BCUT2D eigenvalue weighted by Gasteiger charge is -2.12. The molecule has 0 saturated carbocycles. The number of hydrogen-bond donors (Lipinski definition) is 2. The molecule has 3 rings (SSSR count). The first-order valence-corrected chi connectivity index (χ1v) is 9.92. The van der Waals surface area contributed by atoms with Crippen molar-refractivity contribution >= 4 is 5.97 Å². The van der Waals surface area contributed by atoms with Crippen LogP contribution in [0, 0.1) is 19.8 Å². The Kier molecular flexibility index (Phi) is 6.64. The van der Waals surface area contributed by atoms with E-state index in [4.69, 9.17) is 0 Å². The molecule has 0 aliphatic carbocycles. The van der Waals surface area contributed by atoms with Gasteiger partial charge in [-0.2, -0.15) is 5.10 Å². The molecule has 1 heterocycles. The van der Waals surface area contributed by atoms with Gasteiger partial charge in [-0.3, -0.25) is 9.89 Å². The molecule has 28 heavy (non-hydrogen) atoms. The SMILES string of the molecule is Cc1n[nH]c(C)c1-c1ccc(CCC(CCCc2ccccc2)C(=O)O)cc1. The van der Waals surface area contributed by atoms with E-state index in [0.717, 1.165) is 48.2 Å². The summed E-state index contributed by atoms with van der Waals surface area (Å²) in [6, 6.07) is 18.7. The molecule has 0 radical (unpaired) electrons. The predicted molar refractivity (Wildman–Crippen MR) is 112 cm³/mol. The molecule has 3 aromatic rings. The number of hydrogen-bond acceptors (Lipinski definition) is 2. The lowest BCUT2D eigenvalue weighted by Crippen LogP contribution is -2.15. The van der Waals surface area contributed by atoms with Gasteiger partial charge in [-0.25, -0.2) is 0 Å². The molecule has 146 valence electrons. The van der Waals surface area contributed by atoms with Gasteiger partial charge in [0, 0.05) is 11.3 Å². The van der Waals surface area contributed by atoms with E-state index in [2.05, 4.69) is 46.6 Å². The summed E-state index contributed by atoms with van der Waals surface area (Å²) in [7, 11) is 0. The van der Waals surface area contributed by atoms with Crippen LogP contribution in [0.5, 0.6) is 0 Å². The average molecular weight is 376 g/mol. The van der Waals surface area contributed by atoms with Gasteiger partial charge in [0.2, 0.25) is 0 Å². The van der Waals surface area contributed by atoms with Gasteiger partial charge in [0.1, 0.15) is 0 Å². The highest BCUT2D eigenvalue weighted by Crippen LogP contribution is 2.26. The third-order valence-electron chi connectivity index (χ3n) is 5.36. The smallest absolute Gasteiger partial charge is 0.306 e. The normalized spacial score (nSPS) is 12.1. The highest BCUT2D eigenvalue weighted by atomic mass is 16.4. The summed E-state index contributed by atoms with van der Waals surface area (Å²) >= 11 is 0. The van der Waals surface area contributed by atoms with Crippen LogP contribution in [-0.4, -0.2) is 21.3 Å². The number of benzene rings is 2. The molecular formula is C24H28N2O2. The van der Waals surface area contributed by atoms with Crippen LogP contribution in [0.25, 0.3) is 11.1 Å². The molecule has 2 aromatic carbocycles. The van der Waals surface area contributed by atoms with Crippen LogP contribution < -0.4 is 0 Å². The quantitative estimate of drug-likeness (QED) is 0.529. The molecule has 0 aliphatic rings. The van der Waals surface area contributed by atoms with Crippen molar-refractivity contribution in [2.24, 2.45) is 5.92 Å². The largest absolute Gasteiger partial charge is 0.481 e. The number of carbonyl (C=O) groups is 1. The Morgan fingerprint density at radius 1 is 0.964 bits per heavy atom. The fraction of sp³-hybridized carbons (Fsp3) is 0.333. The Balaban J connectivity index is 1.54. The summed E-state index contributed by atoms with van der Waals surface area (Å²) in [6.07, 6.45) is 4.01. The second-order valence-corrected chi connectivity index (χ2v) is 7.46. The monoisotopic (exact) mass is 376 g/mol. The number of aliphatic carboxylic acids is 1. The van der Waals surface area contributed by atoms with Gasteiger partial charge in [-0.05, 0) is 62.6 Å². The Bertz CT molecular complexity index is 879. The molecule has 0 aliphatic heterocycles. The molecule has 1 atom stereocenters. The summed E-state index contributed by atoms with van der Waals surface area (Å²) in [6.45, 7) is 4.02. The lowest BCUT2D eigenvalue weighted by atomic mass is 9.93. The number of aromatic amines is 1. The number of carboxylic acid groups (broad SMARTS) is 1. The zero-order chi connectivity index (χ0) is 19.9. The van der Waals surface area contributed by atoms with Gasteiger partial charge in [0.25, 0.3) is 0 Å². The summed E-state index contributed by atoms with van der Waals surface area (Å²) in [5.74, 6) is -0.976. The molecule has 0 amide bonds. The molecule has 0 spiro atoms. The Labute approximate surface area is 166 Å². The van der Waals surface area contributed by atoms with Crippen LogP contribution >= 0.6 is 0 Å². The molecule has 0 fully saturated rings. The number of aryl methyl sites for hydroxylation is 4. The van der Waals surface area contributed by atoms with E-state index in [9.17, 15) is 9.90 Å². The van der Waals surface area contributed by atoms with E-state index in [1.807, 2.05) is 32.0 Å². The molecule has 4 nitrogen and oxygen atoms in total. The lowest BCUT2D eigenvalue weighted by molar-refractivity contribution is -0.142. The first-order chi connectivity index (χ1) is 13.5. The van der Waals surface area contributed by atoms with Crippen molar-refractivity contribution in [2.75, 3.05) is 0 Å². The molecule has 1 aromatic heterocycles. The highest BCUT2D eigenvalue weighted by molar-refractivity contribution is 5.70. The molecule has 0 saturated heterocycles. The zero-order valence-electron chi connectivity index (χ0n) is 16.6. The van der Waals surface area contributed by atoms with Crippen molar-refractivity contribution in [3.05, 3.63) is 77.1 Å². The molecule has 4 heteroatoms. The topological polar surface area (TPSA) is 66.0 Å². The minimum Gasteiger partial charge on any atom is -0.481 e. The van der Waals surface area contributed by atoms with Crippen molar-refractivity contribution < 1.29 is 9.90 Å². The summed E-state index contributed by atoms with van der Waals surface area (Å²) in [4.78, 5) is 11.6. The summed E-state index contributed by atoms with van der Waals surface area (Å²) < 4.78 is 0. The number of H-pyrrole nitrogens is 1.